The molecule has 0 N–H and O–H groups in total. The number of aryl methyl sites for hydroxylation is 2. The maximum atomic E-state index is 4.68. The largest absolute Gasteiger partial charge is 0.323 e. The highest BCUT2D eigenvalue weighted by Crippen LogP contribution is 2.35. The molecule has 0 unspecified atom stereocenters. The number of fused-ring (bicyclic) bond motifs is 2. The molecule has 0 amide bonds. The van der Waals surface area contributed by atoms with E-state index in [1.807, 2.05) is 23.0 Å². The van der Waals surface area contributed by atoms with E-state index in [0.717, 1.165) is 35.5 Å². The fourth-order valence-electron chi connectivity index (χ4n) is 3.01. The van der Waals surface area contributed by atoms with Gasteiger partial charge in [-0.1, -0.05) is 17.7 Å². The first kappa shape index (κ1) is 12.8. The number of hydrogen-bond acceptors (Lipinski definition) is 3. The highest BCUT2D eigenvalue weighted by Gasteiger charge is 2.22. The molecule has 0 saturated heterocycles. The van der Waals surface area contributed by atoms with Crippen LogP contribution in [0.25, 0.3) is 5.65 Å². The summed E-state index contributed by atoms with van der Waals surface area (Å²) in [6.07, 6.45) is 7.97. The summed E-state index contributed by atoms with van der Waals surface area (Å²) < 4.78 is 2.83. The Labute approximate surface area is 131 Å². The Kier molecular flexibility index (Phi) is 2.96. The third kappa shape index (κ3) is 2.12. The molecule has 3 aromatic rings. The van der Waals surface area contributed by atoms with Crippen molar-refractivity contribution in [3.05, 3.63) is 52.5 Å². The van der Waals surface area contributed by atoms with Gasteiger partial charge in [-0.2, -0.15) is 0 Å². The fourth-order valence-corrected chi connectivity index (χ4v) is 3.40. The van der Waals surface area contributed by atoms with E-state index in [-0.39, 0.29) is 0 Å². The quantitative estimate of drug-likeness (QED) is 0.672. The molecular weight excluding hydrogens is 328 g/mol. The van der Waals surface area contributed by atoms with Crippen molar-refractivity contribution in [3.63, 3.8) is 0 Å². The molecule has 106 valence electrons. The molecule has 0 saturated carbocycles. The number of nitrogens with zero attached hydrogens (tertiary/aromatic N) is 4. The van der Waals surface area contributed by atoms with Crippen LogP contribution in [-0.4, -0.2) is 20.9 Å². The SMILES string of the molecule is Cc1ccc2c(c1)CCCN2c1nc(Br)cn2ccnc12. The fraction of sp³-hybridized carbons (Fsp3) is 0.250. The first-order valence-electron chi connectivity index (χ1n) is 7.09. The van der Waals surface area contributed by atoms with Gasteiger partial charge in [0.25, 0.3) is 0 Å². The van der Waals surface area contributed by atoms with Crippen LogP contribution in [0.1, 0.15) is 17.5 Å². The topological polar surface area (TPSA) is 33.4 Å². The molecular formula is C16H15BrN4. The summed E-state index contributed by atoms with van der Waals surface area (Å²) in [5.74, 6) is 0.916. The zero-order valence-corrected chi connectivity index (χ0v) is 13.3. The van der Waals surface area contributed by atoms with E-state index in [2.05, 4.69) is 55.9 Å². The van der Waals surface area contributed by atoms with Crippen molar-refractivity contribution in [1.82, 2.24) is 14.4 Å². The van der Waals surface area contributed by atoms with E-state index in [1.54, 1.807) is 0 Å². The summed E-state index contributed by atoms with van der Waals surface area (Å²) in [5, 5.41) is 0. The summed E-state index contributed by atoms with van der Waals surface area (Å²) >= 11 is 3.50. The second-order valence-electron chi connectivity index (χ2n) is 5.43. The molecule has 0 atom stereocenters. The molecule has 4 nitrogen and oxygen atoms in total. The van der Waals surface area contributed by atoms with Crippen LogP contribution in [0.2, 0.25) is 0 Å². The average molecular weight is 343 g/mol. The molecule has 0 spiro atoms. The molecule has 5 heteroatoms. The lowest BCUT2D eigenvalue weighted by Crippen LogP contribution is -2.26. The van der Waals surface area contributed by atoms with Crippen LogP contribution < -0.4 is 4.90 Å². The summed E-state index contributed by atoms with van der Waals surface area (Å²) in [6.45, 7) is 3.12. The molecule has 0 bridgehead atoms. The summed E-state index contributed by atoms with van der Waals surface area (Å²) in [7, 11) is 0. The van der Waals surface area contributed by atoms with E-state index >= 15 is 0 Å². The van der Waals surface area contributed by atoms with Gasteiger partial charge in [0.05, 0.1) is 0 Å². The minimum atomic E-state index is 0.822. The smallest absolute Gasteiger partial charge is 0.180 e. The van der Waals surface area contributed by atoms with Gasteiger partial charge in [-0.25, -0.2) is 9.97 Å². The van der Waals surface area contributed by atoms with E-state index in [9.17, 15) is 0 Å². The lowest BCUT2D eigenvalue weighted by molar-refractivity contribution is 0.757. The molecule has 4 rings (SSSR count). The van der Waals surface area contributed by atoms with Crippen molar-refractivity contribution in [3.8, 4) is 0 Å². The number of aromatic nitrogens is 3. The van der Waals surface area contributed by atoms with Gasteiger partial charge in [-0.3, -0.25) is 0 Å². The first-order valence-corrected chi connectivity index (χ1v) is 7.88. The van der Waals surface area contributed by atoms with Crippen molar-refractivity contribution in [2.45, 2.75) is 19.8 Å². The van der Waals surface area contributed by atoms with Gasteiger partial charge in [-0.15, -0.1) is 0 Å². The molecule has 0 aliphatic carbocycles. The second kappa shape index (κ2) is 4.84. The number of halogens is 1. The van der Waals surface area contributed by atoms with Crippen molar-refractivity contribution in [2.75, 3.05) is 11.4 Å². The van der Waals surface area contributed by atoms with E-state index in [0.29, 0.717) is 0 Å². The van der Waals surface area contributed by atoms with Crippen molar-refractivity contribution in [1.29, 1.82) is 0 Å². The lowest BCUT2D eigenvalue weighted by atomic mass is 9.99. The number of rotatable bonds is 1. The van der Waals surface area contributed by atoms with Crippen LogP contribution in [-0.2, 0) is 6.42 Å². The Hall–Kier alpha value is -1.88. The number of imidazole rings is 1. The number of anilines is 2. The van der Waals surface area contributed by atoms with Crippen LogP contribution in [0.4, 0.5) is 11.5 Å². The maximum Gasteiger partial charge on any atom is 0.180 e. The zero-order valence-electron chi connectivity index (χ0n) is 11.8. The predicted octanol–water partition coefficient (Wildman–Crippen LogP) is 3.88. The van der Waals surface area contributed by atoms with Gasteiger partial charge in [0, 0.05) is 30.8 Å². The van der Waals surface area contributed by atoms with E-state index in [4.69, 9.17) is 0 Å². The predicted molar refractivity (Wildman–Crippen MR) is 87.2 cm³/mol. The Morgan fingerprint density at radius 1 is 1.29 bits per heavy atom. The van der Waals surface area contributed by atoms with Crippen molar-refractivity contribution < 1.29 is 0 Å². The minimum Gasteiger partial charge on any atom is -0.323 e. The Bertz CT molecular complexity index is 824. The first-order chi connectivity index (χ1) is 10.2. The third-order valence-electron chi connectivity index (χ3n) is 3.94. The van der Waals surface area contributed by atoms with E-state index < -0.39 is 0 Å². The van der Waals surface area contributed by atoms with Crippen molar-refractivity contribution in [2.24, 2.45) is 0 Å². The molecule has 3 heterocycles. The molecule has 2 aromatic heterocycles. The molecule has 1 aromatic carbocycles. The van der Waals surface area contributed by atoms with E-state index in [1.165, 1.54) is 16.8 Å². The third-order valence-corrected chi connectivity index (χ3v) is 4.32. The van der Waals surface area contributed by atoms with Gasteiger partial charge in [0.15, 0.2) is 11.5 Å². The maximum absolute atomic E-state index is 4.68. The lowest BCUT2D eigenvalue weighted by Gasteiger charge is -2.30. The van der Waals surface area contributed by atoms with Crippen LogP contribution in [0.15, 0.2) is 41.4 Å². The highest BCUT2D eigenvalue weighted by atomic mass is 79.9. The van der Waals surface area contributed by atoms with Crippen LogP contribution >= 0.6 is 15.9 Å². The monoisotopic (exact) mass is 342 g/mol. The van der Waals surface area contributed by atoms with Crippen molar-refractivity contribution >= 4 is 33.1 Å². The van der Waals surface area contributed by atoms with Gasteiger partial charge in [0.2, 0.25) is 0 Å². The van der Waals surface area contributed by atoms with Crippen LogP contribution in [0.3, 0.4) is 0 Å². The second-order valence-corrected chi connectivity index (χ2v) is 6.25. The summed E-state index contributed by atoms with van der Waals surface area (Å²) in [4.78, 5) is 11.4. The van der Waals surface area contributed by atoms with Gasteiger partial charge in [-0.05, 0) is 47.3 Å². The summed E-state index contributed by atoms with van der Waals surface area (Å²) in [6, 6.07) is 6.64. The molecule has 21 heavy (non-hydrogen) atoms. The van der Waals surface area contributed by atoms with Gasteiger partial charge >= 0.3 is 0 Å². The van der Waals surface area contributed by atoms with Gasteiger partial charge < -0.3 is 9.30 Å². The Morgan fingerprint density at radius 2 is 2.19 bits per heavy atom. The standard InChI is InChI=1S/C16H15BrN4/c1-11-4-5-13-12(9-11)3-2-7-21(13)16-15-18-6-8-20(15)10-14(17)19-16/h4-6,8-10H,2-3,7H2,1H3. The zero-order chi connectivity index (χ0) is 14.4. The highest BCUT2D eigenvalue weighted by molar-refractivity contribution is 9.10. The summed E-state index contributed by atoms with van der Waals surface area (Å²) in [5.41, 5.74) is 4.85. The Balaban J connectivity index is 1.92. The minimum absolute atomic E-state index is 0.822. The molecule has 0 fully saturated rings. The van der Waals surface area contributed by atoms with Crippen LogP contribution in [0, 0.1) is 6.92 Å². The van der Waals surface area contributed by atoms with Crippen LogP contribution in [0.5, 0.6) is 0 Å². The average Bonchev–Trinajstić information content (AvgIpc) is 2.93. The molecule has 1 aliphatic heterocycles. The number of benzene rings is 1. The molecule has 1 aliphatic rings. The van der Waals surface area contributed by atoms with Gasteiger partial charge in [0.1, 0.15) is 4.60 Å². The normalized spacial score (nSPS) is 14.5. The molecule has 0 radical (unpaired) electrons. The Morgan fingerprint density at radius 3 is 3.10 bits per heavy atom. The number of hydrogen-bond donors (Lipinski definition) is 0.